The quantitative estimate of drug-likeness (QED) is 0.628. The number of allylic oxidation sites excluding steroid dienone is 1. The van der Waals surface area contributed by atoms with Crippen molar-refractivity contribution in [3.05, 3.63) is 35.9 Å². The van der Waals surface area contributed by atoms with Gasteiger partial charge in [-0.05, 0) is 44.1 Å². The monoisotopic (exact) mass is 283 g/mol. The predicted octanol–water partition coefficient (Wildman–Crippen LogP) is 2.56. The smallest absolute Gasteiger partial charge is 0.161 e. The van der Waals surface area contributed by atoms with Crippen LogP contribution in [0.25, 0.3) is 0 Å². The Morgan fingerprint density at radius 2 is 2.00 bits per heavy atom. The second kappa shape index (κ2) is 5.41. The van der Waals surface area contributed by atoms with Crippen molar-refractivity contribution in [2.24, 2.45) is 0 Å². The van der Waals surface area contributed by atoms with Crippen molar-refractivity contribution in [3.63, 3.8) is 0 Å². The van der Waals surface area contributed by atoms with E-state index < -0.39 is 0 Å². The topological polar surface area (TPSA) is 21.7 Å². The molecule has 3 atom stereocenters. The van der Waals surface area contributed by atoms with Gasteiger partial charge in [-0.3, -0.25) is 0 Å². The number of likely N-dealkylation sites (tertiary alicyclic amines) is 1. The molecule has 0 bridgehead atoms. The van der Waals surface area contributed by atoms with Gasteiger partial charge in [0.2, 0.25) is 0 Å². The molecule has 1 fully saturated rings. The zero-order valence-corrected chi connectivity index (χ0v) is 13.0. The molecule has 1 aromatic rings. The Morgan fingerprint density at radius 3 is 2.71 bits per heavy atom. The summed E-state index contributed by atoms with van der Waals surface area (Å²) in [5.74, 6) is 1.73. The van der Waals surface area contributed by atoms with Crippen molar-refractivity contribution in [3.8, 4) is 11.5 Å². The molecule has 110 valence electrons. The van der Waals surface area contributed by atoms with Gasteiger partial charge in [-0.25, -0.2) is 0 Å². The standard InChI is InChI=1S/C17H22BNO2/c1-19-10-9-17(8-4-5-13(18)16(17)19)12-6-7-14(20-2)15(11-12)21-3/h4,6-8,11,13,16H,5,9-10H2,1-3H3/t13?,16?,17-/m0/s1. The second-order valence-electron chi connectivity index (χ2n) is 6.09. The molecule has 3 nitrogen and oxygen atoms in total. The van der Waals surface area contributed by atoms with Crippen LogP contribution in [0.3, 0.4) is 0 Å². The van der Waals surface area contributed by atoms with Crippen molar-refractivity contribution < 1.29 is 9.47 Å². The summed E-state index contributed by atoms with van der Waals surface area (Å²) in [6, 6.07) is 6.59. The first kappa shape index (κ1) is 14.5. The lowest BCUT2D eigenvalue weighted by atomic mass is 9.61. The normalized spacial score (nSPS) is 32.0. The fourth-order valence-electron chi connectivity index (χ4n) is 4.03. The highest BCUT2D eigenvalue weighted by atomic mass is 16.5. The van der Waals surface area contributed by atoms with Crippen molar-refractivity contribution >= 4 is 7.85 Å². The predicted molar refractivity (Wildman–Crippen MR) is 85.5 cm³/mol. The maximum Gasteiger partial charge on any atom is 0.161 e. The first-order valence-corrected chi connectivity index (χ1v) is 7.48. The van der Waals surface area contributed by atoms with E-state index in [4.69, 9.17) is 17.3 Å². The number of likely N-dealkylation sites (N-methyl/N-ethyl adjacent to an activating group) is 1. The number of hydrogen-bond donors (Lipinski definition) is 0. The molecule has 1 aromatic carbocycles. The summed E-state index contributed by atoms with van der Waals surface area (Å²) < 4.78 is 10.8. The molecule has 1 aliphatic carbocycles. The van der Waals surface area contributed by atoms with E-state index in [0.29, 0.717) is 6.04 Å². The van der Waals surface area contributed by atoms with Gasteiger partial charge in [-0.2, -0.15) is 0 Å². The lowest BCUT2D eigenvalue weighted by Crippen LogP contribution is -2.44. The Hall–Kier alpha value is -1.42. The van der Waals surface area contributed by atoms with Gasteiger partial charge in [-0.1, -0.05) is 24.0 Å². The van der Waals surface area contributed by atoms with Crippen LogP contribution in [0.5, 0.6) is 11.5 Å². The van der Waals surface area contributed by atoms with Crippen LogP contribution in [0.15, 0.2) is 30.4 Å². The number of ether oxygens (including phenoxy) is 2. The van der Waals surface area contributed by atoms with E-state index in [9.17, 15) is 0 Å². The van der Waals surface area contributed by atoms with Crippen LogP contribution in [0.2, 0.25) is 5.82 Å². The molecule has 0 amide bonds. The van der Waals surface area contributed by atoms with E-state index in [-0.39, 0.29) is 11.2 Å². The minimum atomic E-state index is -0.00797. The highest BCUT2D eigenvalue weighted by Gasteiger charge is 2.48. The molecule has 1 heterocycles. The number of fused-ring (bicyclic) bond motifs is 1. The summed E-state index contributed by atoms with van der Waals surface area (Å²) >= 11 is 0. The van der Waals surface area contributed by atoms with Crippen LogP contribution in [0.4, 0.5) is 0 Å². The third kappa shape index (κ3) is 2.17. The third-order valence-corrected chi connectivity index (χ3v) is 5.03. The van der Waals surface area contributed by atoms with Gasteiger partial charge < -0.3 is 14.4 Å². The molecule has 0 spiro atoms. The molecule has 2 unspecified atom stereocenters. The van der Waals surface area contributed by atoms with Gasteiger partial charge in [0.05, 0.1) is 22.1 Å². The molecular formula is C17H22BNO2. The summed E-state index contributed by atoms with van der Waals surface area (Å²) in [7, 11) is 11.9. The second-order valence-corrected chi connectivity index (χ2v) is 6.09. The fraction of sp³-hybridized carbons (Fsp3) is 0.529. The van der Waals surface area contributed by atoms with E-state index in [2.05, 4.69) is 36.2 Å². The van der Waals surface area contributed by atoms with Gasteiger partial charge in [0.15, 0.2) is 11.5 Å². The molecule has 0 saturated carbocycles. The minimum absolute atomic E-state index is 0.00797. The number of hydrogen-bond acceptors (Lipinski definition) is 3. The summed E-state index contributed by atoms with van der Waals surface area (Å²) in [6.07, 6.45) is 6.63. The van der Waals surface area contributed by atoms with Crippen molar-refractivity contribution in [1.29, 1.82) is 0 Å². The first-order valence-electron chi connectivity index (χ1n) is 7.48. The zero-order chi connectivity index (χ0) is 15.0. The zero-order valence-electron chi connectivity index (χ0n) is 13.0. The lowest BCUT2D eigenvalue weighted by Gasteiger charge is -2.42. The lowest BCUT2D eigenvalue weighted by molar-refractivity contribution is 0.249. The van der Waals surface area contributed by atoms with Crippen molar-refractivity contribution in [2.45, 2.75) is 30.1 Å². The maximum absolute atomic E-state index is 6.41. The molecule has 1 saturated heterocycles. The molecule has 4 heteroatoms. The molecule has 0 aromatic heterocycles. The molecule has 2 aliphatic rings. The summed E-state index contributed by atoms with van der Waals surface area (Å²) in [6.45, 7) is 1.07. The molecular weight excluding hydrogens is 261 g/mol. The number of benzene rings is 1. The number of methoxy groups -OCH3 is 2. The van der Waals surface area contributed by atoms with E-state index in [1.54, 1.807) is 14.2 Å². The average Bonchev–Trinajstić information content (AvgIpc) is 2.86. The van der Waals surface area contributed by atoms with Crippen molar-refractivity contribution in [2.75, 3.05) is 27.8 Å². The SMILES string of the molecule is [B]C1CC=C[C@@]2(c3ccc(OC)c(OC)c3)CCN(C)C12. The van der Waals surface area contributed by atoms with E-state index >= 15 is 0 Å². The Labute approximate surface area is 128 Å². The fourth-order valence-corrected chi connectivity index (χ4v) is 4.03. The molecule has 21 heavy (non-hydrogen) atoms. The highest BCUT2D eigenvalue weighted by Crippen LogP contribution is 2.49. The molecule has 2 radical (unpaired) electrons. The van der Waals surface area contributed by atoms with Gasteiger partial charge in [0, 0.05) is 11.5 Å². The number of rotatable bonds is 3. The van der Waals surface area contributed by atoms with Crippen LogP contribution in [-0.4, -0.2) is 46.6 Å². The van der Waals surface area contributed by atoms with Crippen LogP contribution in [0, 0.1) is 0 Å². The van der Waals surface area contributed by atoms with E-state index in [1.165, 1.54) is 5.56 Å². The summed E-state index contributed by atoms with van der Waals surface area (Å²) in [5.41, 5.74) is 1.26. The first-order chi connectivity index (χ1) is 10.1. The molecule has 3 rings (SSSR count). The Morgan fingerprint density at radius 1 is 1.24 bits per heavy atom. The van der Waals surface area contributed by atoms with Crippen LogP contribution >= 0.6 is 0 Å². The van der Waals surface area contributed by atoms with Gasteiger partial charge in [0.25, 0.3) is 0 Å². The average molecular weight is 283 g/mol. The Kier molecular flexibility index (Phi) is 3.74. The maximum atomic E-state index is 6.41. The Balaban J connectivity index is 2.09. The van der Waals surface area contributed by atoms with Crippen LogP contribution < -0.4 is 9.47 Å². The van der Waals surface area contributed by atoms with Gasteiger partial charge >= 0.3 is 0 Å². The van der Waals surface area contributed by atoms with E-state index in [1.807, 2.05) is 6.07 Å². The largest absolute Gasteiger partial charge is 0.493 e. The van der Waals surface area contributed by atoms with E-state index in [0.717, 1.165) is 30.9 Å². The highest BCUT2D eigenvalue weighted by molar-refractivity contribution is 6.12. The van der Waals surface area contributed by atoms with Crippen LogP contribution in [0.1, 0.15) is 18.4 Å². The van der Waals surface area contributed by atoms with Gasteiger partial charge in [0.1, 0.15) is 0 Å². The summed E-state index contributed by atoms with van der Waals surface area (Å²) in [4.78, 5) is 2.39. The van der Waals surface area contributed by atoms with Crippen LogP contribution in [-0.2, 0) is 5.41 Å². The van der Waals surface area contributed by atoms with Crippen molar-refractivity contribution in [1.82, 2.24) is 4.90 Å². The van der Waals surface area contributed by atoms with Gasteiger partial charge in [-0.15, -0.1) is 0 Å². The third-order valence-electron chi connectivity index (χ3n) is 5.03. The minimum Gasteiger partial charge on any atom is -0.493 e. The number of nitrogens with zero attached hydrogens (tertiary/aromatic N) is 1. The molecule has 1 aliphatic heterocycles. The molecule has 0 N–H and O–H groups in total. The summed E-state index contributed by atoms with van der Waals surface area (Å²) in [5, 5.41) is 0. The Bertz CT molecular complexity index is 560.